The molecule has 2 aromatic carbocycles. The number of carbonyl (C=O) groups is 2. The standard InChI is InChI=1S/C27H32O4/c1-17-9-21-13-27(15-23(21)11-19(17)5-3-7-25(28)29)14-22-10-18(2)20(12-24(22)16-27)6-4-8-26(30)31/h9-12H,3-8,13-16H2,1-2H3,(H,28,29)(H,30,31). The van der Waals surface area contributed by atoms with Gasteiger partial charge in [0.2, 0.25) is 0 Å². The molecule has 2 aromatic rings. The Balaban J connectivity index is 1.48. The van der Waals surface area contributed by atoms with Crippen molar-refractivity contribution in [1.82, 2.24) is 0 Å². The highest BCUT2D eigenvalue weighted by atomic mass is 16.4. The van der Waals surface area contributed by atoms with Gasteiger partial charge in [-0.1, -0.05) is 24.3 Å². The zero-order chi connectivity index (χ0) is 22.2. The minimum absolute atomic E-state index is 0.226. The lowest BCUT2D eigenvalue weighted by Crippen LogP contribution is -2.21. The van der Waals surface area contributed by atoms with E-state index in [-0.39, 0.29) is 18.3 Å². The van der Waals surface area contributed by atoms with Gasteiger partial charge in [-0.25, -0.2) is 0 Å². The first-order valence-electron chi connectivity index (χ1n) is 11.4. The Hall–Kier alpha value is -2.62. The molecule has 2 aliphatic carbocycles. The Bertz CT molecular complexity index is 951. The van der Waals surface area contributed by atoms with Crippen LogP contribution in [0.5, 0.6) is 0 Å². The van der Waals surface area contributed by atoms with E-state index >= 15 is 0 Å². The van der Waals surface area contributed by atoms with Gasteiger partial charge in [-0.05, 0) is 115 Å². The van der Waals surface area contributed by atoms with Crippen molar-refractivity contribution in [2.75, 3.05) is 0 Å². The summed E-state index contributed by atoms with van der Waals surface area (Å²) in [4.78, 5) is 21.7. The van der Waals surface area contributed by atoms with Crippen molar-refractivity contribution in [2.45, 2.75) is 78.1 Å². The van der Waals surface area contributed by atoms with Gasteiger partial charge in [-0.15, -0.1) is 0 Å². The van der Waals surface area contributed by atoms with Gasteiger partial charge in [0.25, 0.3) is 0 Å². The molecule has 164 valence electrons. The van der Waals surface area contributed by atoms with Crippen LogP contribution in [0.3, 0.4) is 0 Å². The predicted octanol–water partition coefficient (Wildman–Crippen LogP) is 5.00. The summed E-state index contributed by atoms with van der Waals surface area (Å²) < 4.78 is 0. The number of hydrogen-bond donors (Lipinski definition) is 2. The summed E-state index contributed by atoms with van der Waals surface area (Å²) in [5.74, 6) is -1.45. The summed E-state index contributed by atoms with van der Waals surface area (Å²) in [5, 5.41) is 17.9. The highest BCUT2D eigenvalue weighted by molar-refractivity contribution is 5.67. The van der Waals surface area contributed by atoms with Crippen LogP contribution in [-0.4, -0.2) is 22.2 Å². The Morgan fingerprint density at radius 1 is 0.710 bits per heavy atom. The van der Waals surface area contributed by atoms with Gasteiger partial charge in [0.05, 0.1) is 0 Å². The molecule has 4 heteroatoms. The molecular weight excluding hydrogens is 388 g/mol. The van der Waals surface area contributed by atoms with E-state index in [1.54, 1.807) is 0 Å². The first-order chi connectivity index (χ1) is 14.7. The third-order valence-electron chi connectivity index (χ3n) is 7.25. The van der Waals surface area contributed by atoms with Crippen molar-refractivity contribution in [2.24, 2.45) is 5.41 Å². The summed E-state index contributed by atoms with van der Waals surface area (Å²) in [6.07, 6.45) is 7.91. The first-order valence-corrected chi connectivity index (χ1v) is 11.4. The van der Waals surface area contributed by atoms with Crippen LogP contribution in [0.4, 0.5) is 0 Å². The van der Waals surface area contributed by atoms with Crippen molar-refractivity contribution >= 4 is 11.9 Å². The number of rotatable bonds is 8. The van der Waals surface area contributed by atoms with Crippen molar-refractivity contribution < 1.29 is 19.8 Å². The molecule has 4 rings (SSSR count). The summed E-state index contributed by atoms with van der Waals surface area (Å²) in [6.45, 7) is 4.30. The fraction of sp³-hybridized carbons (Fsp3) is 0.481. The van der Waals surface area contributed by atoms with Crippen LogP contribution in [0.25, 0.3) is 0 Å². The molecule has 1 spiro atoms. The highest BCUT2D eigenvalue weighted by Crippen LogP contribution is 2.48. The largest absolute Gasteiger partial charge is 0.481 e. The Morgan fingerprint density at radius 3 is 1.42 bits per heavy atom. The third kappa shape index (κ3) is 4.68. The number of benzene rings is 2. The van der Waals surface area contributed by atoms with Crippen LogP contribution < -0.4 is 0 Å². The van der Waals surface area contributed by atoms with Gasteiger partial charge in [-0.3, -0.25) is 9.59 Å². The molecule has 4 nitrogen and oxygen atoms in total. The Labute approximate surface area is 184 Å². The van der Waals surface area contributed by atoms with Crippen LogP contribution in [-0.2, 0) is 48.1 Å². The van der Waals surface area contributed by atoms with E-state index in [2.05, 4.69) is 38.1 Å². The molecule has 0 bridgehead atoms. The molecule has 2 N–H and O–H groups in total. The molecule has 0 radical (unpaired) electrons. The quantitative estimate of drug-likeness (QED) is 0.630. The van der Waals surface area contributed by atoms with E-state index in [9.17, 15) is 9.59 Å². The van der Waals surface area contributed by atoms with E-state index in [4.69, 9.17) is 10.2 Å². The molecule has 0 saturated heterocycles. The molecule has 0 amide bonds. The van der Waals surface area contributed by atoms with Crippen LogP contribution in [0, 0.1) is 19.3 Å². The predicted molar refractivity (Wildman–Crippen MR) is 121 cm³/mol. The summed E-state index contributed by atoms with van der Waals surface area (Å²) in [6, 6.07) is 9.36. The maximum Gasteiger partial charge on any atom is 0.303 e. The first kappa shape index (κ1) is 21.6. The van der Waals surface area contributed by atoms with E-state index in [0.717, 1.165) is 38.5 Å². The zero-order valence-electron chi connectivity index (χ0n) is 18.6. The van der Waals surface area contributed by atoms with Crippen molar-refractivity contribution in [1.29, 1.82) is 0 Å². The highest BCUT2D eigenvalue weighted by Gasteiger charge is 2.42. The second-order valence-electron chi connectivity index (χ2n) is 9.80. The Kier molecular flexibility index (Phi) is 5.92. The van der Waals surface area contributed by atoms with Gasteiger partial charge in [0.15, 0.2) is 0 Å². The average molecular weight is 421 g/mol. The fourth-order valence-corrected chi connectivity index (χ4v) is 5.78. The molecule has 0 fully saturated rings. The molecular formula is C27H32O4. The maximum atomic E-state index is 10.8. The number of carboxylic acids is 2. The van der Waals surface area contributed by atoms with Crippen molar-refractivity contribution in [3.63, 3.8) is 0 Å². The minimum Gasteiger partial charge on any atom is -0.481 e. The molecule has 0 unspecified atom stereocenters. The van der Waals surface area contributed by atoms with Gasteiger partial charge >= 0.3 is 11.9 Å². The van der Waals surface area contributed by atoms with E-state index < -0.39 is 11.9 Å². The van der Waals surface area contributed by atoms with Crippen LogP contribution in [0.15, 0.2) is 24.3 Å². The van der Waals surface area contributed by atoms with Crippen molar-refractivity contribution in [3.8, 4) is 0 Å². The van der Waals surface area contributed by atoms with Gasteiger partial charge in [0.1, 0.15) is 0 Å². The summed E-state index contributed by atoms with van der Waals surface area (Å²) >= 11 is 0. The molecule has 0 heterocycles. The number of carboxylic acid groups (broad SMARTS) is 2. The van der Waals surface area contributed by atoms with Gasteiger partial charge in [0, 0.05) is 12.8 Å². The fourth-order valence-electron chi connectivity index (χ4n) is 5.78. The van der Waals surface area contributed by atoms with Crippen LogP contribution in [0.2, 0.25) is 0 Å². The molecule has 0 aliphatic heterocycles. The third-order valence-corrected chi connectivity index (χ3v) is 7.25. The van der Waals surface area contributed by atoms with E-state index in [1.165, 1.54) is 44.5 Å². The number of fused-ring (bicyclic) bond motifs is 2. The zero-order valence-corrected chi connectivity index (χ0v) is 18.6. The lowest BCUT2D eigenvalue weighted by atomic mass is 9.82. The van der Waals surface area contributed by atoms with Gasteiger partial charge in [-0.2, -0.15) is 0 Å². The average Bonchev–Trinajstić information content (AvgIpc) is 3.18. The lowest BCUT2D eigenvalue weighted by Gasteiger charge is -2.21. The van der Waals surface area contributed by atoms with Crippen LogP contribution in [0.1, 0.15) is 70.2 Å². The lowest BCUT2D eigenvalue weighted by molar-refractivity contribution is -0.138. The van der Waals surface area contributed by atoms with Crippen LogP contribution >= 0.6 is 0 Å². The number of hydrogen-bond acceptors (Lipinski definition) is 2. The smallest absolute Gasteiger partial charge is 0.303 e. The topological polar surface area (TPSA) is 74.6 Å². The Morgan fingerprint density at radius 2 is 1.06 bits per heavy atom. The normalized spacial score (nSPS) is 15.8. The molecule has 2 aliphatic rings. The second-order valence-corrected chi connectivity index (χ2v) is 9.80. The second kappa shape index (κ2) is 8.49. The number of aryl methyl sites for hydroxylation is 4. The number of aliphatic carboxylic acids is 2. The summed E-state index contributed by atoms with van der Waals surface area (Å²) in [7, 11) is 0. The molecule has 0 saturated carbocycles. The van der Waals surface area contributed by atoms with E-state index in [0.29, 0.717) is 12.8 Å². The molecule has 0 aromatic heterocycles. The van der Waals surface area contributed by atoms with Gasteiger partial charge < -0.3 is 10.2 Å². The minimum atomic E-state index is -0.723. The molecule has 31 heavy (non-hydrogen) atoms. The molecule has 0 atom stereocenters. The monoisotopic (exact) mass is 420 g/mol. The SMILES string of the molecule is Cc1cc2c(cc1CCCC(=O)O)CC1(C2)Cc2cc(C)c(CCCC(=O)O)cc2C1. The summed E-state index contributed by atoms with van der Waals surface area (Å²) in [5.41, 5.74) is 11.2. The van der Waals surface area contributed by atoms with E-state index in [1.807, 2.05) is 0 Å². The maximum absolute atomic E-state index is 10.8. The van der Waals surface area contributed by atoms with Crippen molar-refractivity contribution in [3.05, 3.63) is 68.8 Å².